The van der Waals surface area contributed by atoms with Crippen LogP contribution in [0.3, 0.4) is 0 Å². The Morgan fingerprint density at radius 2 is 2.12 bits per heavy atom. The molecule has 0 radical (unpaired) electrons. The highest BCUT2D eigenvalue weighted by atomic mass is 19.1. The van der Waals surface area contributed by atoms with Crippen molar-refractivity contribution >= 4 is 28.8 Å². The van der Waals surface area contributed by atoms with Crippen LogP contribution in [0.1, 0.15) is 23.0 Å². The highest BCUT2D eigenvalue weighted by molar-refractivity contribution is 6.00. The van der Waals surface area contributed by atoms with E-state index in [1.54, 1.807) is 13.0 Å². The molecule has 0 bridgehead atoms. The molecule has 1 aliphatic rings. The number of rotatable bonds is 3. The van der Waals surface area contributed by atoms with Crippen LogP contribution < -0.4 is 5.32 Å². The third-order valence-corrected chi connectivity index (χ3v) is 3.94. The Morgan fingerprint density at radius 3 is 2.80 bits per heavy atom. The van der Waals surface area contributed by atoms with Gasteiger partial charge in [-0.15, -0.1) is 0 Å². The normalized spacial score (nSPS) is 15.2. The van der Waals surface area contributed by atoms with E-state index < -0.39 is 29.8 Å². The van der Waals surface area contributed by atoms with Gasteiger partial charge < -0.3 is 10.1 Å². The molecule has 2 heterocycles. The fourth-order valence-corrected chi connectivity index (χ4v) is 2.62. The van der Waals surface area contributed by atoms with Gasteiger partial charge in [-0.25, -0.2) is 14.0 Å². The Balaban J connectivity index is 1.79. The molecule has 1 atom stereocenters. The van der Waals surface area contributed by atoms with Crippen LogP contribution in [0.4, 0.5) is 9.18 Å². The second-order valence-corrected chi connectivity index (χ2v) is 5.73. The number of nitrogens with zero attached hydrogens (tertiary/aromatic N) is 2. The molecule has 1 unspecified atom stereocenters. The summed E-state index contributed by atoms with van der Waals surface area (Å²) in [7, 11) is 0. The smallest absolute Gasteiger partial charge is 0.340 e. The van der Waals surface area contributed by atoms with Gasteiger partial charge in [-0.2, -0.15) is 0 Å². The first kappa shape index (κ1) is 16.8. The summed E-state index contributed by atoms with van der Waals surface area (Å²) in [6.07, 6.45) is -1.11. The van der Waals surface area contributed by atoms with E-state index in [0.29, 0.717) is 23.1 Å². The number of ether oxygens (including phenoxy) is 1. The van der Waals surface area contributed by atoms with Gasteiger partial charge in [-0.05, 0) is 32.0 Å². The number of urea groups is 1. The topological polar surface area (TPSA) is 88.6 Å². The third kappa shape index (κ3) is 3.28. The molecule has 0 spiro atoms. The molecule has 1 aromatic carbocycles. The van der Waals surface area contributed by atoms with E-state index in [4.69, 9.17) is 4.74 Å². The van der Waals surface area contributed by atoms with E-state index in [1.807, 2.05) is 0 Å². The van der Waals surface area contributed by atoms with Crippen LogP contribution in [0, 0.1) is 12.7 Å². The predicted molar refractivity (Wildman–Crippen MR) is 86.4 cm³/mol. The lowest BCUT2D eigenvalue weighted by Crippen LogP contribution is -2.41. The van der Waals surface area contributed by atoms with Gasteiger partial charge in [-0.1, -0.05) is 0 Å². The second-order valence-electron chi connectivity index (χ2n) is 5.73. The Morgan fingerprint density at radius 1 is 1.36 bits per heavy atom. The van der Waals surface area contributed by atoms with E-state index in [1.165, 1.54) is 25.1 Å². The number of hydrogen-bond acceptors (Lipinski definition) is 5. The van der Waals surface area contributed by atoms with E-state index >= 15 is 0 Å². The van der Waals surface area contributed by atoms with Crippen molar-refractivity contribution in [3.63, 3.8) is 0 Å². The molecule has 3 amide bonds. The van der Waals surface area contributed by atoms with E-state index in [0.717, 1.165) is 4.90 Å². The Hall–Kier alpha value is -3.03. The summed E-state index contributed by atoms with van der Waals surface area (Å²) in [6.45, 7) is 3.61. The maximum Gasteiger partial charge on any atom is 0.340 e. The Labute approximate surface area is 142 Å². The molecular weight excluding hydrogens is 329 g/mol. The van der Waals surface area contributed by atoms with Crippen molar-refractivity contribution in [2.24, 2.45) is 0 Å². The van der Waals surface area contributed by atoms with Gasteiger partial charge in [0.2, 0.25) is 0 Å². The first-order valence-electron chi connectivity index (χ1n) is 7.74. The summed E-state index contributed by atoms with van der Waals surface area (Å²) in [6, 6.07) is 5.09. The summed E-state index contributed by atoms with van der Waals surface area (Å²) in [4.78, 5) is 41.3. The number of aryl methyl sites for hydroxylation is 1. The lowest BCUT2D eigenvalue weighted by molar-refractivity contribution is -0.136. The average Bonchev–Trinajstić information content (AvgIpc) is 2.99. The molecule has 1 fully saturated rings. The number of esters is 1. The van der Waals surface area contributed by atoms with Crippen LogP contribution >= 0.6 is 0 Å². The monoisotopic (exact) mass is 345 g/mol. The van der Waals surface area contributed by atoms with Crippen molar-refractivity contribution < 1.29 is 23.5 Å². The van der Waals surface area contributed by atoms with Crippen LogP contribution in [0.2, 0.25) is 0 Å². The zero-order chi connectivity index (χ0) is 18.1. The van der Waals surface area contributed by atoms with Crippen LogP contribution in [0.15, 0.2) is 24.3 Å². The molecule has 25 heavy (non-hydrogen) atoms. The zero-order valence-corrected chi connectivity index (χ0v) is 13.7. The maximum absolute atomic E-state index is 13.3. The van der Waals surface area contributed by atoms with Crippen molar-refractivity contribution in [3.8, 4) is 0 Å². The minimum absolute atomic E-state index is 0.185. The highest BCUT2D eigenvalue weighted by Crippen LogP contribution is 2.19. The van der Waals surface area contributed by atoms with Crippen LogP contribution in [-0.4, -0.2) is 47.0 Å². The maximum atomic E-state index is 13.3. The van der Waals surface area contributed by atoms with Gasteiger partial charge in [-0.3, -0.25) is 14.7 Å². The summed E-state index contributed by atoms with van der Waals surface area (Å²) in [5, 5.41) is 3.09. The Bertz CT molecular complexity index is 884. The SMILES string of the molecule is Cc1nc2cc(F)ccc2cc1C(=O)OC(C)C(=O)N1CCNC1=O. The van der Waals surface area contributed by atoms with Crippen molar-refractivity contribution in [1.82, 2.24) is 15.2 Å². The fourth-order valence-electron chi connectivity index (χ4n) is 2.62. The summed E-state index contributed by atoms with van der Waals surface area (Å²) in [5.41, 5.74) is 0.971. The number of nitrogens with one attached hydrogen (secondary N) is 1. The molecule has 1 aliphatic heterocycles. The Kier molecular flexibility index (Phi) is 4.35. The molecule has 2 aromatic rings. The zero-order valence-electron chi connectivity index (χ0n) is 13.7. The molecule has 0 saturated carbocycles. The number of carbonyl (C=O) groups excluding carboxylic acids is 3. The number of benzene rings is 1. The quantitative estimate of drug-likeness (QED) is 0.857. The van der Waals surface area contributed by atoms with Gasteiger partial charge in [0.15, 0.2) is 6.10 Å². The van der Waals surface area contributed by atoms with Gasteiger partial charge in [0.05, 0.1) is 16.8 Å². The van der Waals surface area contributed by atoms with Crippen LogP contribution in [0.5, 0.6) is 0 Å². The number of pyridine rings is 1. The largest absolute Gasteiger partial charge is 0.449 e. The minimum Gasteiger partial charge on any atom is -0.449 e. The van der Waals surface area contributed by atoms with Gasteiger partial charge in [0.25, 0.3) is 5.91 Å². The van der Waals surface area contributed by atoms with Crippen LogP contribution in [-0.2, 0) is 9.53 Å². The molecule has 130 valence electrons. The second kappa shape index (κ2) is 6.46. The number of aromatic nitrogens is 1. The van der Waals surface area contributed by atoms with Crippen molar-refractivity contribution in [2.75, 3.05) is 13.1 Å². The third-order valence-electron chi connectivity index (χ3n) is 3.94. The standard InChI is InChI=1S/C17H16FN3O4/c1-9-13(7-11-3-4-12(18)8-14(11)20-9)16(23)25-10(2)15(22)21-6-5-19-17(21)24/h3-4,7-8,10H,5-6H2,1-2H3,(H,19,24). The van der Waals surface area contributed by atoms with Crippen molar-refractivity contribution in [3.05, 3.63) is 41.3 Å². The van der Waals surface area contributed by atoms with Crippen molar-refractivity contribution in [2.45, 2.75) is 20.0 Å². The molecule has 3 rings (SSSR count). The predicted octanol–water partition coefficient (Wildman–Crippen LogP) is 1.78. The molecule has 1 N–H and O–H groups in total. The number of carbonyl (C=O) groups is 3. The number of fused-ring (bicyclic) bond motifs is 1. The molecule has 0 aliphatic carbocycles. The highest BCUT2D eigenvalue weighted by Gasteiger charge is 2.32. The lowest BCUT2D eigenvalue weighted by atomic mass is 10.1. The number of halogens is 1. The van der Waals surface area contributed by atoms with Gasteiger partial charge in [0, 0.05) is 24.5 Å². The van der Waals surface area contributed by atoms with Crippen LogP contribution in [0.25, 0.3) is 10.9 Å². The summed E-state index contributed by atoms with van der Waals surface area (Å²) in [5.74, 6) is -1.73. The minimum atomic E-state index is -1.11. The molecule has 7 nitrogen and oxygen atoms in total. The van der Waals surface area contributed by atoms with Gasteiger partial charge in [0.1, 0.15) is 5.82 Å². The molecule has 1 aromatic heterocycles. The lowest BCUT2D eigenvalue weighted by Gasteiger charge is -2.18. The molecule has 1 saturated heterocycles. The molecule has 8 heteroatoms. The summed E-state index contributed by atoms with van der Waals surface area (Å²) >= 11 is 0. The molecular formula is C17H16FN3O4. The summed E-state index contributed by atoms with van der Waals surface area (Å²) < 4.78 is 18.4. The van der Waals surface area contributed by atoms with Crippen molar-refractivity contribution in [1.29, 1.82) is 0 Å². The first-order valence-corrected chi connectivity index (χ1v) is 7.74. The van der Waals surface area contributed by atoms with E-state index in [-0.39, 0.29) is 12.1 Å². The van der Waals surface area contributed by atoms with E-state index in [2.05, 4.69) is 10.3 Å². The average molecular weight is 345 g/mol. The number of amides is 3. The number of imide groups is 1. The first-order chi connectivity index (χ1) is 11.9. The van der Waals surface area contributed by atoms with Gasteiger partial charge >= 0.3 is 12.0 Å². The van der Waals surface area contributed by atoms with E-state index in [9.17, 15) is 18.8 Å². The number of hydrogen-bond donors (Lipinski definition) is 1. The fraction of sp³-hybridized carbons (Fsp3) is 0.294.